The van der Waals surface area contributed by atoms with Crippen LogP contribution in [-0.4, -0.2) is 22.8 Å². The van der Waals surface area contributed by atoms with Gasteiger partial charge in [-0.15, -0.1) is 0 Å². The molecule has 0 fully saturated rings. The molecule has 0 aliphatic heterocycles. The van der Waals surface area contributed by atoms with Gasteiger partial charge in [0.1, 0.15) is 5.82 Å². The first-order valence-corrected chi connectivity index (χ1v) is 7.13. The molecule has 0 unspecified atom stereocenters. The number of rotatable bonds is 5. The van der Waals surface area contributed by atoms with Gasteiger partial charge >= 0.3 is 0 Å². The smallest absolute Gasteiger partial charge is 0.269 e. The molecule has 0 heterocycles. The van der Waals surface area contributed by atoms with Crippen LogP contribution in [0.25, 0.3) is 0 Å². The van der Waals surface area contributed by atoms with Crippen LogP contribution in [0.2, 0.25) is 0 Å². The molecule has 2 aromatic rings. The number of carbonyl (C=O) groups excluding carboxylic acids is 1. The maximum absolute atomic E-state index is 13.2. The number of hydrogen-bond acceptors (Lipinski definition) is 3. The van der Waals surface area contributed by atoms with E-state index < -0.39 is 4.92 Å². The quantitative estimate of drug-likeness (QED) is 0.626. The van der Waals surface area contributed by atoms with Gasteiger partial charge in [-0.25, -0.2) is 4.39 Å². The lowest BCUT2D eigenvalue weighted by Crippen LogP contribution is -2.31. The van der Waals surface area contributed by atoms with Crippen LogP contribution >= 0.6 is 0 Å². The lowest BCUT2D eigenvalue weighted by Gasteiger charge is -2.25. The second kappa shape index (κ2) is 7.00. The fourth-order valence-electron chi connectivity index (χ4n) is 2.28. The molecule has 2 rings (SSSR count). The molecule has 0 saturated carbocycles. The maximum Gasteiger partial charge on any atom is 0.269 e. The minimum atomic E-state index is -0.467. The number of nitro benzene ring substituents is 1. The van der Waals surface area contributed by atoms with Gasteiger partial charge in [-0.1, -0.05) is 24.3 Å². The Morgan fingerprint density at radius 2 is 1.96 bits per heavy atom. The van der Waals surface area contributed by atoms with Gasteiger partial charge in [0.15, 0.2) is 0 Å². The molecule has 0 spiro atoms. The van der Waals surface area contributed by atoms with Crippen LogP contribution in [-0.2, 0) is 11.2 Å². The molecule has 0 aliphatic rings. The Morgan fingerprint density at radius 3 is 2.61 bits per heavy atom. The van der Waals surface area contributed by atoms with Crippen LogP contribution in [0.15, 0.2) is 48.5 Å². The Kier molecular flexibility index (Phi) is 5.05. The molecule has 0 aliphatic carbocycles. The standard InChI is InChI=1S/C17H17FN2O3/c1-12(14-6-4-8-16(11-14)20(22)23)19(2)17(21)10-13-5-3-7-15(18)9-13/h3-9,11-12H,10H2,1-2H3/t12-/m0/s1. The van der Waals surface area contributed by atoms with E-state index in [1.54, 1.807) is 38.2 Å². The van der Waals surface area contributed by atoms with Gasteiger partial charge in [-0.3, -0.25) is 14.9 Å². The predicted molar refractivity (Wildman–Crippen MR) is 84.4 cm³/mol. The van der Waals surface area contributed by atoms with Crippen molar-refractivity contribution >= 4 is 11.6 Å². The molecule has 6 heteroatoms. The number of likely N-dealkylation sites (N-methyl/N-ethyl adjacent to an activating group) is 1. The summed E-state index contributed by atoms with van der Waals surface area (Å²) in [4.78, 5) is 24.2. The van der Waals surface area contributed by atoms with Crippen molar-refractivity contribution < 1.29 is 14.1 Å². The summed E-state index contributed by atoms with van der Waals surface area (Å²) in [5, 5.41) is 10.8. The van der Waals surface area contributed by atoms with Crippen molar-refractivity contribution in [2.24, 2.45) is 0 Å². The van der Waals surface area contributed by atoms with E-state index in [9.17, 15) is 19.3 Å². The van der Waals surface area contributed by atoms with E-state index in [1.807, 2.05) is 0 Å². The largest absolute Gasteiger partial charge is 0.339 e. The zero-order chi connectivity index (χ0) is 17.0. The third-order valence-electron chi connectivity index (χ3n) is 3.78. The van der Waals surface area contributed by atoms with Crippen LogP contribution in [0.4, 0.5) is 10.1 Å². The normalized spacial score (nSPS) is 11.8. The molecule has 0 aromatic heterocycles. The second-order valence-corrected chi connectivity index (χ2v) is 5.34. The topological polar surface area (TPSA) is 63.5 Å². The molecule has 120 valence electrons. The average molecular weight is 316 g/mol. The highest BCUT2D eigenvalue weighted by molar-refractivity contribution is 5.79. The predicted octanol–water partition coefficient (Wildman–Crippen LogP) is 3.50. The lowest BCUT2D eigenvalue weighted by atomic mass is 10.1. The first-order chi connectivity index (χ1) is 10.9. The number of amides is 1. The number of nitro groups is 1. The zero-order valence-electron chi connectivity index (χ0n) is 12.9. The fraction of sp³-hybridized carbons (Fsp3) is 0.235. The Labute approximate surface area is 133 Å². The number of halogens is 1. The highest BCUT2D eigenvalue weighted by atomic mass is 19.1. The summed E-state index contributed by atoms with van der Waals surface area (Å²) in [5.41, 5.74) is 1.25. The van der Waals surface area contributed by atoms with Crippen molar-refractivity contribution in [2.45, 2.75) is 19.4 Å². The molecule has 0 N–H and O–H groups in total. The van der Waals surface area contributed by atoms with Crippen LogP contribution in [0.1, 0.15) is 24.1 Å². The van der Waals surface area contributed by atoms with Crippen LogP contribution < -0.4 is 0 Å². The van der Waals surface area contributed by atoms with Gasteiger partial charge in [0.05, 0.1) is 17.4 Å². The summed E-state index contributed by atoms with van der Waals surface area (Å²) >= 11 is 0. The molecule has 2 aromatic carbocycles. The third kappa shape index (κ3) is 4.12. The molecule has 23 heavy (non-hydrogen) atoms. The van der Waals surface area contributed by atoms with Crippen LogP contribution in [0, 0.1) is 15.9 Å². The first-order valence-electron chi connectivity index (χ1n) is 7.13. The molecule has 1 amide bonds. The van der Waals surface area contributed by atoms with Crippen molar-refractivity contribution in [3.05, 3.63) is 75.6 Å². The highest BCUT2D eigenvalue weighted by Gasteiger charge is 2.19. The van der Waals surface area contributed by atoms with Crippen molar-refractivity contribution in [1.82, 2.24) is 4.90 Å². The van der Waals surface area contributed by atoms with Gasteiger partial charge in [0.25, 0.3) is 5.69 Å². The van der Waals surface area contributed by atoms with E-state index in [4.69, 9.17) is 0 Å². The third-order valence-corrected chi connectivity index (χ3v) is 3.78. The Morgan fingerprint density at radius 1 is 1.26 bits per heavy atom. The Balaban J connectivity index is 2.12. The van der Waals surface area contributed by atoms with Crippen LogP contribution in [0.5, 0.6) is 0 Å². The summed E-state index contributed by atoms with van der Waals surface area (Å²) in [5.74, 6) is -0.570. The molecule has 5 nitrogen and oxygen atoms in total. The highest BCUT2D eigenvalue weighted by Crippen LogP contribution is 2.23. The lowest BCUT2D eigenvalue weighted by molar-refractivity contribution is -0.384. The monoisotopic (exact) mass is 316 g/mol. The summed E-state index contributed by atoms with van der Waals surface area (Å²) in [6.45, 7) is 1.79. The summed E-state index contributed by atoms with van der Waals surface area (Å²) < 4.78 is 13.2. The van der Waals surface area contributed by atoms with E-state index in [1.165, 1.54) is 29.2 Å². The van der Waals surface area contributed by atoms with E-state index in [0.717, 1.165) is 0 Å². The van der Waals surface area contributed by atoms with Crippen molar-refractivity contribution in [1.29, 1.82) is 0 Å². The summed E-state index contributed by atoms with van der Waals surface area (Å²) in [7, 11) is 1.63. The zero-order valence-corrected chi connectivity index (χ0v) is 12.9. The maximum atomic E-state index is 13.2. The second-order valence-electron chi connectivity index (χ2n) is 5.34. The first kappa shape index (κ1) is 16.6. The van der Waals surface area contributed by atoms with E-state index in [-0.39, 0.29) is 29.9 Å². The number of benzene rings is 2. The number of hydrogen-bond donors (Lipinski definition) is 0. The average Bonchev–Trinajstić information content (AvgIpc) is 2.53. The SMILES string of the molecule is C[C@@H](c1cccc([N+](=O)[O-])c1)N(C)C(=O)Cc1cccc(F)c1. The van der Waals surface area contributed by atoms with Crippen molar-refractivity contribution in [2.75, 3.05) is 7.05 Å². The van der Waals surface area contributed by atoms with E-state index in [2.05, 4.69) is 0 Å². The van der Waals surface area contributed by atoms with Gasteiger partial charge in [0.2, 0.25) is 5.91 Å². The summed E-state index contributed by atoms with van der Waals surface area (Å²) in [6, 6.07) is 11.8. The molecule has 1 atom stereocenters. The van der Waals surface area contributed by atoms with E-state index in [0.29, 0.717) is 11.1 Å². The van der Waals surface area contributed by atoms with Crippen molar-refractivity contribution in [3.8, 4) is 0 Å². The molecule has 0 radical (unpaired) electrons. The summed E-state index contributed by atoms with van der Waals surface area (Å²) in [6.07, 6.45) is 0.0769. The fourth-order valence-corrected chi connectivity index (χ4v) is 2.28. The molecular weight excluding hydrogens is 299 g/mol. The molecule has 0 saturated heterocycles. The number of nitrogens with zero attached hydrogens (tertiary/aromatic N) is 2. The van der Waals surface area contributed by atoms with Gasteiger partial charge < -0.3 is 4.90 Å². The Hall–Kier alpha value is -2.76. The van der Waals surface area contributed by atoms with E-state index >= 15 is 0 Å². The number of carbonyl (C=O) groups is 1. The molecule has 0 bridgehead atoms. The van der Waals surface area contributed by atoms with Crippen molar-refractivity contribution in [3.63, 3.8) is 0 Å². The number of non-ortho nitro benzene ring substituents is 1. The Bertz CT molecular complexity index is 733. The minimum Gasteiger partial charge on any atom is -0.339 e. The van der Waals surface area contributed by atoms with Gasteiger partial charge in [0, 0.05) is 19.2 Å². The molecular formula is C17H17FN2O3. The van der Waals surface area contributed by atoms with Gasteiger partial charge in [-0.2, -0.15) is 0 Å². The van der Waals surface area contributed by atoms with Crippen LogP contribution in [0.3, 0.4) is 0 Å². The van der Waals surface area contributed by atoms with Gasteiger partial charge in [-0.05, 0) is 30.2 Å². The minimum absolute atomic E-state index is 0.0136.